The molecule has 5 nitrogen and oxygen atoms in total. The number of hydrogen-bond acceptors (Lipinski definition) is 4. The first-order chi connectivity index (χ1) is 16.2. The van der Waals surface area contributed by atoms with Crippen molar-refractivity contribution in [2.45, 2.75) is 31.8 Å². The van der Waals surface area contributed by atoms with Gasteiger partial charge in [-0.2, -0.15) is 0 Å². The number of carbonyl (C=O) groups excluding carboxylic acids is 1. The Morgan fingerprint density at radius 2 is 1.53 bits per heavy atom. The van der Waals surface area contributed by atoms with Gasteiger partial charge >= 0.3 is 0 Å². The van der Waals surface area contributed by atoms with Crippen LogP contribution in [0.5, 0.6) is 0 Å². The first kappa shape index (κ1) is 24.0. The van der Waals surface area contributed by atoms with Crippen LogP contribution in [0.15, 0.2) is 105 Å². The molecule has 0 amide bonds. The molecule has 1 N–H and O–H groups in total. The van der Waals surface area contributed by atoms with Gasteiger partial charge in [-0.25, -0.2) is 8.42 Å². The second kappa shape index (κ2) is 9.60. The van der Waals surface area contributed by atoms with Gasteiger partial charge in [0.1, 0.15) is 5.76 Å². The van der Waals surface area contributed by atoms with Crippen molar-refractivity contribution in [3.05, 3.63) is 117 Å². The fourth-order valence-corrected chi connectivity index (χ4v) is 5.34. The van der Waals surface area contributed by atoms with Gasteiger partial charge in [0.05, 0.1) is 16.2 Å². The normalized spacial score (nSPS) is 17.4. The van der Waals surface area contributed by atoms with Crippen LogP contribution in [0.4, 0.5) is 0 Å². The van der Waals surface area contributed by atoms with Crippen molar-refractivity contribution < 1.29 is 17.9 Å². The predicted molar refractivity (Wildman–Crippen MR) is 136 cm³/mol. The molecule has 3 aromatic rings. The van der Waals surface area contributed by atoms with Crippen LogP contribution in [-0.4, -0.2) is 14.2 Å². The van der Waals surface area contributed by atoms with Crippen molar-refractivity contribution in [3.8, 4) is 0 Å². The molecular weight excluding hydrogens is 514 g/mol. The molecule has 1 atom stereocenters. The molecule has 34 heavy (non-hydrogen) atoms. The first-order valence-corrected chi connectivity index (χ1v) is 13.0. The molecule has 4 rings (SSSR count). The third kappa shape index (κ3) is 4.86. The van der Waals surface area contributed by atoms with Crippen molar-refractivity contribution in [2.75, 3.05) is 0 Å². The molecule has 7 heteroatoms. The van der Waals surface area contributed by atoms with E-state index < -0.39 is 16.1 Å². The van der Waals surface area contributed by atoms with Crippen molar-refractivity contribution in [1.29, 1.82) is 0 Å². The number of allylic oxidation sites excluding steroid dienone is 1. The number of Topliss-reactive ketones (excluding diaryl/α,β-unsaturated/α-hetero) is 1. The Bertz CT molecular complexity index is 1390. The van der Waals surface area contributed by atoms with Crippen LogP contribution in [0.3, 0.4) is 0 Å². The zero-order chi connectivity index (χ0) is 24.5. The quantitative estimate of drug-likeness (QED) is 0.413. The van der Waals surface area contributed by atoms with E-state index in [4.69, 9.17) is 4.74 Å². The lowest BCUT2D eigenvalue weighted by Gasteiger charge is -2.21. The Morgan fingerprint density at radius 1 is 0.912 bits per heavy atom. The molecule has 3 aromatic carbocycles. The predicted octanol–water partition coefficient (Wildman–Crippen LogP) is 6.08. The second-order valence-corrected chi connectivity index (χ2v) is 10.7. The number of halogens is 1. The van der Waals surface area contributed by atoms with Crippen LogP contribution in [0.1, 0.15) is 36.6 Å². The summed E-state index contributed by atoms with van der Waals surface area (Å²) in [6, 6.07) is 23.3. The minimum absolute atomic E-state index is 0.133. The third-order valence-corrected chi connectivity index (χ3v) is 7.50. The highest BCUT2D eigenvalue weighted by atomic mass is 79.9. The smallest absolute Gasteiger partial charge is 0.261 e. The summed E-state index contributed by atoms with van der Waals surface area (Å²) >= 11 is 3.43. The van der Waals surface area contributed by atoms with Crippen LogP contribution in [0.2, 0.25) is 0 Å². The zero-order valence-corrected chi connectivity index (χ0v) is 21.4. The van der Waals surface area contributed by atoms with E-state index in [-0.39, 0.29) is 10.7 Å². The van der Waals surface area contributed by atoms with E-state index in [0.29, 0.717) is 28.2 Å². The highest BCUT2D eigenvalue weighted by Gasteiger charge is 2.37. The lowest BCUT2D eigenvalue weighted by atomic mass is 9.91. The van der Waals surface area contributed by atoms with Crippen LogP contribution in [0, 0.1) is 6.92 Å². The first-order valence-electron chi connectivity index (χ1n) is 10.7. The molecule has 0 saturated carbocycles. The maximum Gasteiger partial charge on any atom is 0.261 e. The van der Waals surface area contributed by atoms with Gasteiger partial charge in [-0.15, -0.1) is 0 Å². The highest BCUT2D eigenvalue weighted by Crippen LogP contribution is 2.44. The van der Waals surface area contributed by atoms with Crippen molar-refractivity contribution in [1.82, 2.24) is 4.72 Å². The average Bonchev–Trinajstić information content (AvgIpc) is 3.16. The highest BCUT2D eigenvalue weighted by molar-refractivity contribution is 9.10. The van der Waals surface area contributed by atoms with Gasteiger partial charge in [-0.1, -0.05) is 76.1 Å². The standard InChI is InChI=1S/C27H24BrNO4S/c1-17-9-15-23(16-10-17)34(31,32)29-26(20-11-13-22(28)14-12-20)25-24(18(2)30)19(3)33-27(25)21-7-5-4-6-8-21/h4-16,27,29H,1-3H3/b26-25+. The van der Waals surface area contributed by atoms with E-state index in [1.165, 1.54) is 6.92 Å². The number of rotatable bonds is 6. The Balaban J connectivity index is 1.97. The van der Waals surface area contributed by atoms with E-state index in [0.717, 1.165) is 15.6 Å². The van der Waals surface area contributed by atoms with Crippen LogP contribution >= 0.6 is 15.9 Å². The summed E-state index contributed by atoms with van der Waals surface area (Å²) in [5.74, 6) is 0.260. The molecule has 0 bridgehead atoms. The lowest BCUT2D eigenvalue weighted by molar-refractivity contribution is -0.113. The van der Waals surface area contributed by atoms with Crippen molar-refractivity contribution in [3.63, 3.8) is 0 Å². The van der Waals surface area contributed by atoms with Crippen molar-refractivity contribution >= 4 is 37.4 Å². The molecule has 0 radical (unpaired) electrons. The summed E-state index contributed by atoms with van der Waals surface area (Å²) in [4.78, 5) is 12.9. The fraction of sp³-hybridized carbons (Fsp3) is 0.148. The number of ether oxygens (including phenoxy) is 1. The Morgan fingerprint density at radius 3 is 2.12 bits per heavy atom. The molecule has 0 aliphatic carbocycles. The summed E-state index contributed by atoms with van der Waals surface area (Å²) < 4.78 is 36.7. The number of benzene rings is 3. The van der Waals surface area contributed by atoms with Gasteiger partial charge in [0.15, 0.2) is 11.9 Å². The van der Waals surface area contributed by atoms with Gasteiger partial charge in [0.2, 0.25) is 0 Å². The molecule has 1 unspecified atom stereocenters. The SMILES string of the molecule is CC(=O)C1=C(C)OC(c2ccccc2)/C1=C(/NS(=O)(=O)c1ccc(C)cc1)c1ccc(Br)cc1. The lowest BCUT2D eigenvalue weighted by Crippen LogP contribution is -2.25. The molecule has 1 aliphatic rings. The van der Waals surface area contributed by atoms with E-state index >= 15 is 0 Å². The molecular formula is C27H24BrNO4S. The summed E-state index contributed by atoms with van der Waals surface area (Å²) in [7, 11) is -3.95. The number of nitrogens with one attached hydrogen (secondary N) is 1. The minimum atomic E-state index is -3.95. The maximum absolute atomic E-state index is 13.5. The molecule has 174 valence electrons. The summed E-state index contributed by atoms with van der Waals surface area (Å²) in [6.45, 7) is 5.09. The number of carbonyl (C=O) groups is 1. The van der Waals surface area contributed by atoms with Gasteiger partial charge in [-0.3, -0.25) is 9.52 Å². The second-order valence-electron chi connectivity index (χ2n) is 8.11. The maximum atomic E-state index is 13.5. The third-order valence-electron chi connectivity index (χ3n) is 5.60. The topological polar surface area (TPSA) is 72.5 Å². The largest absolute Gasteiger partial charge is 0.485 e. The van der Waals surface area contributed by atoms with Crippen molar-refractivity contribution in [2.24, 2.45) is 0 Å². The molecule has 0 aromatic heterocycles. The van der Waals surface area contributed by atoms with Crippen LogP contribution in [-0.2, 0) is 19.6 Å². The van der Waals surface area contributed by atoms with E-state index in [2.05, 4.69) is 20.7 Å². The fourth-order valence-electron chi connectivity index (χ4n) is 3.97. The van der Waals surface area contributed by atoms with E-state index in [1.807, 2.05) is 49.4 Å². The zero-order valence-electron chi connectivity index (χ0n) is 19.0. The van der Waals surface area contributed by atoms with Gasteiger partial charge in [0, 0.05) is 10.0 Å². The molecule has 0 fully saturated rings. The molecule has 0 saturated heterocycles. The summed E-state index contributed by atoms with van der Waals surface area (Å²) in [5, 5.41) is 0. The van der Waals surface area contributed by atoms with Crippen LogP contribution in [0.25, 0.3) is 5.70 Å². The molecule has 1 heterocycles. The number of sulfonamides is 1. The number of hydrogen-bond donors (Lipinski definition) is 1. The number of aryl methyl sites for hydroxylation is 1. The van der Waals surface area contributed by atoms with Gasteiger partial charge < -0.3 is 4.74 Å². The summed E-state index contributed by atoms with van der Waals surface area (Å²) in [5.41, 5.74) is 3.57. The molecule has 1 aliphatic heterocycles. The monoisotopic (exact) mass is 537 g/mol. The molecule has 0 spiro atoms. The Kier molecular flexibility index (Phi) is 6.77. The van der Waals surface area contributed by atoms with Crippen LogP contribution < -0.4 is 4.72 Å². The number of ketones is 1. The minimum Gasteiger partial charge on any atom is -0.485 e. The van der Waals surface area contributed by atoms with E-state index in [1.54, 1.807) is 43.3 Å². The Labute approximate surface area is 208 Å². The summed E-state index contributed by atoms with van der Waals surface area (Å²) in [6.07, 6.45) is -0.639. The van der Waals surface area contributed by atoms with E-state index in [9.17, 15) is 13.2 Å². The average molecular weight is 538 g/mol. The van der Waals surface area contributed by atoms with Gasteiger partial charge in [-0.05, 0) is 56.2 Å². The Hall–Kier alpha value is -3.16. The van der Waals surface area contributed by atoms with Gasteiger partial charge in [0.25, 0.3) is 10.0 Å².